The van der Waals surface area contributed by atoms with Crippen molar-refractivity contribution in [2.75, 3.05) is 7.11 Å². The lowest BCUT2D eigenvalue weighted by molar-refractivity contribution is 0.0950. The first-order valence-electron chi connectivity index (χ1n) is 12.5. The summed E-state index contributed by atoms with van der Waals surface area (Å²) in [7, 11) is 1.60. The van der Waals surface area contributed by atoms with Gasteiger partial charge < -0.3 is 9.47 Å². The number of aromatic amines is 1. The van der Waals surface area contributed by atoms with Crippen molar-refractivity contribution in [1.29, 1.82) is 0 Å². The molecule has 38 heavy (non-hydrogen) atoms. The Hall–Kier alpha value is -4.91. The minimum atomic E-state index is -0.375. The smallest absolute Gasteiger partial charge is 0.289 e. The maximum absolute atomic E-state index is 12.7. The molecule has 1 heterocycles. The van der Waals surface area contributed by atoms with E-state index >= 15 is 0 Å². The molecule has 7 heteroatoms. The number of hydrogen-bond donors (Lipinski definition) is 2. The molecule has 0 aliphatic heterocycles. The summed E-state index contributed by atoms with van der Waals surface area (Å²) in [5.41, 5.74) is 9.19. The molecule has 1 aliphatic carbocycles. The minimum Gasteiger partial charge on any atom is -0.493 e. The average molecular weight is 503 g/mol. The molecule has 0 saturated carbocycles. The van der Waals surface area contributed by atoms with Gasteiger partial charge in [0.15, 0.2) is 11.5 Å². The highest BCUT2D eigenvalue weighted by molar-refractivity contribution is 6.02. The summed E-state index contributed by atoms with van der Waals surface area (Å²) < 4.78 is 11.4. The van der Waals surface area contributed by atoms with E-state index in [9.17, 15) is 4.79 Å². The number of methoxy groups -OCH3 is 1. The SMILES string of the molecule is COc1ccc(/C=N/NC(=O)c2cc(-c3ccc4c5c(cccc35)CC4)n[nH]2)cc1OCc1ccccc1. The van der Waals surface area contributed by atoms with Crippen LogP contribution >= 0.6 is 0 Å². The maximum atomic E-state index is 12.7. The number of H-pyrrole nitrogens is 1. The Labute approximate surface area is 220 Å². The maximum Gasteiger partial charge on any atom is 0.289 e. The number of hydrazone groups is 1. The van der Waals surface area contributed by atoms with Crippen molar-refractivity contribution in [3.05, 3.63) is 113 Å². The van der Waals surface area contributed by atoms with Crippen molar-refractivity contribution in [1.82, 2.24) is 15.6 Å². The zero-order valence-electron chi connectivity index (χ0n) is 20.9. The molecule has 188 valence electrons. The molecule has 0 saturated heterocycles. The molecule has 2 N–H and O–H groups in total. The Morgan fingerprint density at radius 1 is 0.974 bits per heavy atom. The summed E-state index contributed by atoms with van der Waals surface area (Å²) in [5.74, 6) is 0.838. The summed E-state index contributed by atoms with van der Waals surface area (Å²) in [4.78, 5) is 12.7. The molecule has 0 radical (unpaired) electrons. The Morgan fingerprint density at radius 3 is 2.66 bits per heavy atom. The summed E-state index contributed by atoms with van der Waals surface area (Å²) in [6.45, 7) is 0.413. The van der Waals surface area contributed by atoms with Crippen molar-refractivity contribution in [3.8, 4) is 22.8 Å². The van der Waals surface area contributed by atoms with Gasteiger partial charge in [0.2, 0.25) is 0 Å². The quantitative estimate of drug-likeness (QED) is 0.211. The van der Waals surface area contributed by atoms with Crippen LogP contribution in [0, 0.1) is 0 Å². The number of aromatic nitrogens is 2. The zero-order chi connectivity index (χ0) is 25.9. The van der Waals surface area contributed by atoms with Crippen LogP contribution in [0.1, 0.15) is 32.7 Å². The Bertz CT molecular complexity index is 1650. The van der Waals surface area contributed by atoms with E-state index < -0.39 is 0 Å². The van der Waals surface area contributed by atoms with E-state index in [1.165, 1.54) is 21.9 Å². The number of hydrogen-bond acceptors (Lipinski definition) is 5. The van der Waals surface area contributed by atoms with Gasteiger partial charge in [-0.05, 0) is 70.1 Å². The molecule has 4 aromatic carbocycles. The van der Waals surface area contributed by atoms with Crippen LogP contribution in [-0.2, 0) is 19.4 Å². The Balaban J connectivity index is 1.15. The standard InChI is InChI=1S/C31H26N4O3/c1-37-28-15-10-21(16-29(28)38-19-20-6-3-2-4-7-20)18-32-35-31(36)27-17-26(33-34-27)24-14-13-23-12-11-22-8-5-9-25(24)30(22)23/h2-10,13-18H,11-12,19H2,1H3,(H,33,34)(H,35,36)/b32-18+. The molecule has 0 bridgehead atoms. The van der Waals surface area contributed by atoms with E-state index in [0.717, 1.165) is 35.2 Å². The summed E-state index contributed by atoms with van der Waals surface area (Å²) in [6, 6.07) is 27.8. The average Bonchev–Trinajstić information content (AvgIpc) is 3.62. The summed E-state index contributed by atoms with van der Waals surface area (Å²) in [5, 5.41) is 13.9. The second-order valence-electron chi connectivity index (χ2n) is 9.16. The van der Waals surface area contributed by atoms with Crippen LogP contribution in [0.3, 0.4) is 0 Å². The molecule has 0 fully saturated rings. The van der Waals surface area contributed by atoms with Crippen LogP contribution in [-0.4, -0.2) is 29.4 Å². The van der Waals surface area contributed by atoms with Gasteiger partial charge in [-0.15, -0.1) is 0 Å². The van der Waals surface area contributed by atoms with E-state index in [1.54, 1.807) is 19.4 Å². The molecular formula is C31H26N4O3. The van der Waals surface area contributed by atoms with Gasteiger partial charge >= 0.3 is 0 Å². The van der Waals surface area contributed by atoms with Gasteiger partial charge in [0.05, 0.1) is 19.0 Å². The number of amides is 1. The number of benzene rings is 4. The predicted octanol–water partition coefficient (Wildman–Crippen LogP) is 5.68. The third kappa shape index (κ3) is 4.62. The number of carbonyl (C=O) groups is 1. The second-order valence-corrected chi connectivity index (χ2v) is 9.16. The van der Waals surface area contributed by atoms with E-state index in [1.807, 2.05) is 48.5 Å². The predicted molar refractivity (Wildman–Crippen MR) is 148 cm³/mol. The van der Waals surface area contributed by atoms with Gasteiger partial charge in [0.25, 0.3) is 5.91 Å². The molecule has 5 aromatic rings. The lowest BCUT2D eigenvalue weighted by Crippen LogP contribution is -2.18. The van der Waals surface area contributed by atoms with Gasteiger partial charge in [-0.1, -0.05) is 60.7 Å². The van der Waals surface area contributed by atoms with E-state index in [0.29, 0.717) is 23.8 Å². The Morgan fingerprint density at radius 2 is 1.82 bits per heavy atom. The Kier molecular flexibility index (Phi) is 6.32. The van der Waals surface area contributed by atoms with Gasteiger partial charge in [0.1, 0.15) is 12.3 Å². The number of aryl methyl sites for hydroxylation is 2. The van der Waals surface area contributed by atoms with Gasteiger partial charge in [-0.25, -0.2) is 5.43 Å². The fraction of sp³-hybridized carbons (Fsp3) is 0.129. The first-order chi connectivity index (χ1) is 18.7. The topological polar surface area (TPSA) is 88.6 Å². The van der Waals surface area contributed by atoms with Crippen molar-refractivity contribution in [2.45, 2.75) is 19.4 Å². The first-order valence-corrected chi connectivity index (χ1v) is 12.5. The van der Waals surface area contributed by atoms with Crippen molar-refractivity contribution >= 4 is 22.9 Å². The van der Waals surface area contributed by atoms with E-state index in [-0.39, 0.29) is 5.91 Å². The number of nitrogens with zero attached hydrogens (tertiary/aromatic N) is 2. The highest BCUT2D eigenvalue weighted by atomic mass is 16.5. The lowest BCUT2D eigenvalue weighted by Gasteiger charge is -2.11. The summed E-state index contributed by atoms with van der Waals surface area (Å²) >= 11 is 0. The number of nitrogens with one attached hydrogen (secondary N) is 2. The first kappa shape index (κ1) is 23.5. The monoisotopic (exact) mass is 502 g/mol. The van der Waals surface area contributed by atoms with Crippen molar-refractivity contribution < 1.29 is 14.3 Å². The molecule has 6 rings (SSSR count). The highest BCUT2D eigenvalue weighted by Crippen LogP contribution is 2.36. The van der Waals surface area contributed by atoms with Crippen molar-refractivity contribution in [3.63, 3.8) is 0 Å². The van der Waals surface area contributed by atoms with Crippen LogP contribution < -0.4 is 14.9 Å². The van der Waals surface area contributed by atoms with Crippen LogP contribution in [0.25, 0.3) is 22.0 Å². The number of ether oxygens (including phenoxy) is 2. The molecule has 0 spiro atoms. The normalized spacial score (nSPS) is 12.2. The minimum absolute atomic E-state index is 0.335. The molecular weight excluding hydrogens is 476 g/mol. The molecule has 0 unspecified atom stereocenters. The molecule has 1 amide bonds. The second kappa shape index (κ2) is 10.2. The third-order valence-corrected chi connectivity index (χ3v) is 6.78. The highest BCUT2D eigenvalue weighted by Gasteiger charge is 2.18. The molecule has 1 aromatic heterocycles. The third-order valence-electron chi connectivity index (χ3n) is 6.78. The van der Waals surface area contributed by atoms with Gasteiger partial charge in [-0.2, -0.15) is 10.2 Å². The molecule has 7 nitrogen and oxygen atoms in total. The molecule has 1 aliphatic rings. The van der Waals surface area contributed by atoms with E-state index in [2.05, 4.69) is 51.1 Å². The largest absolute Gasteiger partial charge is 0.493 e. The van der Waals surface area contributed by atoms with Crippen LogP contribution in [0.2, 0.25) is 0 Å². The number of carbonyl (C=O) groups excluding carboxylic acids is 1. The van der Waals surface area contributed by atoms with E-state index in [4.69, 9.17) is 9.47 Å². The zero-order valence-corrected chi connectivity index (χ0v) is 20.9. The lowest BCUT2D eigenvalue weighted by atomic mass is 9.98. The fourth-order valence-electron chi connectivity index (χ4n) is 4.89. The fourth-order valence-corrected chi connectivity index (χ4v) is 4.89. The van der Waals surface area contributed by atoms with Gasteiger partial charge in [-0.3, -0.25) is 9.89 Å². The van der Waals surface area contributed by atoms with Crippen LogP contribution in [0.15, 0.2) is 90.0 Å². The molecule has 0 atom stereocenters. The van der Waals surface area contributed by atoms with Gasteiger partial charge in [0, 0.05) is 5.56 Å². The number of rotatable bonds is 8. The summed E-state index contributed by atoms with van der Waals surface area (Å²) in [6.07, 6.45) is 3.70. The van der Waals surface area contributed by atoms with Crippen LogP contribution in [0.5, 0.6) is 11.5 Å². The van der Waals surface area contributed by atoms with Crippen molar-refractivity contribution in [2.24, 2.45) is 5.10 Å². The van der Waals surface area contributed by atoms with Crippen LogP contribution in [0.4, 0.5) is 0 Å².